The van der Waals surface area contributed by atoms with Crippen LogP contribution in [-0.4, -0.2) is 93.1 Å². The molecule has 0 radical (unpaired) electrons. The molecule has 4 heterocycles. The maximum Gasteiger partial charge on any atom is 0.407 e. The van der Waals surface area contributed by atoms with Crippen LogP contribution in [0.4, 0.5) is 9.59 Å². The van der Waals surface area contributed by atoms with Crippen LogP contribution in [-0.2, 0) is 22.6 Å². The Balaban J connectivity index is 1.03. The number of alkyl halides is 1. The first-order chi connectivity index (χ1) is 27.3. The zero-order valence-corrected chi connectivity index (χ0v) is 35.4. The van der Waals surface area contributed by atoms with Gasteiger partial charge in [0.2, 0.25) is 11.8 Å². The first kappa shape index (κ1) is 40.3. The molecule has 3 aliphatic rings. The van der Waals surface area contributed by atoms with Crippen LogP contribution in [0.2, 0.25) is 0 Å². The van der Waals surface area contributed by atoms with Crippen LogP contribution in [0.3, 0.4) is 0 Å². The highest BCUT2D eigenvalue weighted by Crippen LogP contribution is 2.58. The fourth-order valence-corrected chi connectivity index (χ4v) is 9.27. The van der Waals surface area contributed by atoms with E-state index in [1.165, 1.54) is 14.2 Å². The molecule has 1 spiro atoms. The van der Waals surface area contributed by atoms with Gasteiger partial charge in [-0.3, -0.25) is 9.59 Å². The van der Waals surface area contributed by atoms with Crippen molar-refractivity contribution in [3.05, 3.63) is 72.6 Å². The number of alkyl carbamates (subject to hydrolysis) is 2. The van der Waals surface area contributed by atoms with E-state index >= 15 is 0 Å². The molecular weight excluding hydrogens is 839 g/mol. The molecule has 1 aliphatic carbocycles. The predicted octanol–water partition coefficient (Wildman–Crippen LogP) is 7.16. The number of nitrogens with zero attached hydrogens (tertiary/aromatic N) is 4. The highest BCUT2D eigenvalue weighted by molar-refractivity contribution is 14.1. The highest BCUT2D eigenvalue weighted by Gasteiger charge is 2.55. The largest absolute Gasteiger partial charge is 0.453 e. The van der Waals surface area contributed by atoms with Crippen LogP contribution in [0.1, 0.15) is 77.5 Å². The molecule has 57 heavy (non-hydrogen) atoms. The molecule has 2 aromatic carbocycles. The van der Waals surface area contributed by atoms with Gasteiger partial charge in [0.05, 0.1) is 44.0 Å². The summed E-state index contributed by atoms with van der Waals surface area (Å²) in [7, 11) is 2.59. The molecule has 0 bridgehead atoms. The normalized spacial score (nSPS) is 20.8. The molecule has 1 saturated carbocycles. The molecule has 4 aromatic rings. The average molecular weight is 891 g/mol. The van der Waals surface area contributed by atoms with Crippen molar-refractivity contribution in [1.82, 2.24) is 40.4 Å². The second kappa shape index (κ2) is 16.1. The molecule has 2 saturated heterocycles. The van der Waals surface area contributed by atoms with Gasteiger partial charge in [-0.2, -0.15) is 0 Å². The third kappa shape index (κ3) is 8.12. The van der Waals surface area contributed by atoms with E-state index in [2.05, 4.69) is 91.7 Å². The number of amides is 4. The standard InChI is InChI=1S/C42H51IN8O6/c1-24(2)33(48-39(54)56-5)36(52)50-23-41(17-18-41)20-32(50)35-44-21-30(46-35)28-12-8-26(9-13-28)27-10-14-29(15-11-27)31-22-45-38(47-31)42(43)16-7-19-51(42)37(53)34(25(3)4)49-40(55)57-6/h8-15,21-22,24-25,32-34H,7,16-20,23H2,1-6H3,(H,44,46)(H,45,47)(H,48,54)(H,49,55). The number of carbonyl (C=O) groups is 4. The van der Waals surface area contributed by atoms with Crippen LogP contribution in [0, 0.1) is 17.3 Å². The second-order valence-corrected chi connectivity index (χ2v) is 18.0. The summed E-state index contributed by atoms with van der Waals surface area (Å²) in [6, 6.07) is 15.0. The van der Waals surface area contributed by atoms with Gasteiger partial charge < -0.3 is 39.9 Å². The molecule has 15 heteroatoms. The minimum atomic E-state index is -0.713. The fraction of sp³-hybridized carbons (Fsp3) is 0.476. The third-order valence-electron chi connectivity index (χ3n) is 11.7. The summed E-state index contributed by atoms with van der Waals surface area (Å²) >= 11 is 2.32. The number of carbonyl (C=O) groups excluding carboxylic acids is 4. The van der Waals surface area contributed by atoms with Crippen LogP contribution < -0.4 is 10.6 Å². The van der Waals surface area contributed by atoms with E-state index in [4.69, 9.17) is 19.4 Å². The van der Waals surface area contributed by atoms with E-state index < -0.39 is 27.8 Å². The lowest BCUT2D eigenvalue weighted by Gasteiger charge is -2.35. The molecule has 302 valence electrons. The number of hydrogen-bond donors (Lipinski definition) is 4. The summed E-state index contributed by atoms with van der Waals surface area (Å²) in [4.78, 5) is 71.9. The number of halogens is 1. The maximum absolute atomic E-state index is 13.8. The van der Waals surface area contributed by atoms with Crippen molar-refractivity contribution in [1.29, 1.82) is 0 Å². The van der Waals surface area contributed by atoms with E-state index in [0.29, 0.717) is 18.9 Å². The Bertz CT molecular complexity index is 2110. The molecular formula is C42H51IN8O6. The topological polar surface area (TPSA) is 175 Å². The predicted molar refractivity (Wildman–Crippen MR) is 223 cm³/mol. The van der Waals surface area contributed by atoms with Crippen molar-refractivity contribution in [3.63, 3.8) is 0 Å². The van der Waals surface area contributed by atoms with Crippen molar-refractivity contribution in [2.75, 3.05) is 27.3 Å². The summed E-state index contributed by atoms with van der Waals surface area (Å²) < 4.78 is 8.91. The van der Waals surface area contributed by atoms with Crippen molar-refractivity contribution >= 4 is 46.6 Å². The van der Waals surface area contributed by atoms with E-state index in [9.17, 15) is 19.2 Å². The zero-order valence-electron chi connectivity index (χ0n) is 33.2. The smallest absolute Gasteiger partial charge is 0.407 e. The minimum Gasteiger partial charge on any atom is -0.453 e. The Morgan fingerprint density at radius 3 is 1.79 bits per heavy atom. The Morgan fingerprint density at radius 1 is 0.754 bits per heavy atom. The molecule has 4 amide bonds. The van der Waals surface area contributed by atoms with Gasteiger partial charge in [0.1, 0.15) is 23.7 Å². The number of rotatable bonds is 11. The highest BCUT2D eigenvalue weighted by atomic mass is 127. The maximum atomic E-state index is 13.8. The number of aromatic amines is 2. The van der Waals surface area contributed by atoms with Gasteiger partial charge in [-0.1, -0.05) is 76.2 Å². The van der Waals surface area contributed by atoms with Crippen LogP contribution in [0.25, 0.3) is 33.6 Å². The first-order valence-electron chi connectivity index (χ1n) is 19.6. The number of methoxy groups -OCH3 is 2. The summed E-state index contributed by atoms with van der Waals surface area (Å²) in [6.45, 7) is 8.86. The van der Waals surface area contributed by atoms with Crippen LogP contribution in [0.15, 0.2) is 60.9 Å². The second-order valence-electron chi connectivity index (χ2n) is 16.2. The van der Waals surface area contributed by atoms with E-state index in [0.717, 1.165) is 71.6 Å². The Labute approximate surface area is 346 Å². The summed E-state index contributed by atoms with van der Waals surface area (Å²) in [6.07, 6.45) is 6.95. The van der Waals surface area contributed by atoms with E-state index in [1.54, 1.807) is 6.20 Å². The van der Waals surface area contributed by atoms with Gasteiger partial charge in [0.25, 0.3) is 0 Å². The molecule has 4 unspecified atom stereocenters. The van der Waals surface area contributed by atoms with E-state index in [-0.39, 0.29) is 35.1 Å². The van der Waals surface area contributed by atoms with Gasteiger partial charge in [0.15, 0.2) is 3.55 Å². The molecule has 4 atom stereocenters. The van der Waals surface area contributed by atoms with Crippen molar-refractivity contribution in [2.24, 2.45) is 17.3 Å². The van der Waals surface area contributed by atoms with Gasteiger partial charge in [0, 0.05) is 13.1 Å². The van der Waals surface area contributed by atoms with E-state index in [1.807, 2.05) is 43.7 Å². The van der Waals surface area contributed by atoms with Crippen molar-refractivity contribution in [3.8, 4) is 33.6 Å². The zero-order chi connectivity index (χ0) is 40.6. The molecule has 4 N–H and O–H groups in total. The van der Waals surface area contributed by atoms with Crippen LogP contribution in [0.5, 0.6) is 0 Å². The van der Waals surface area contributed by atoms with Gasteiger partial charge >= 0.3 is 12.2 Å². The quantitative estimate of drug-likeness (QED) is 0.0698. The van der Waals surface area contributed by atoms with Crippen LogP contribution >= 0.6 is 22.6 Å². The number of benzene rings is 2. The molecule has 2 aliphatic heterocycles. The number of aromatic nitrogens is 4. The van der Waals surface area contributed by atoms with Crippen molar-refractivity contribution in [2.45, 2.75) is 81.5 Å². The number of ether oxygens (including phenoxy) is 2. The number of nitrogens with one attached hydrogen (secondary N) is 4. The van der Waals surface area contributed by atoms with Gasteiger partial charge in [-0.05, 0) is 94.2 Å². The number of likely N-dealkylation sites (tertiary alicyclic amines) is 2. The first-order valence-corrected chi connectivity index (χ1v) is 20.6. The Hall–Kier alpha value is -4.93. The number of hydrogen-bond acceptors (Lipinski definition) is 8. The van der Waals surface area contributed by atoms with Gasteiger partial charge in [-0.25, -0.2) is 19.6 Å². The molecule has 3 fully saturated rings. The third-order valence-corrected chi connectivity index (χ3v) is 13.3. The number of H-pyrrole nitrogens is 2. The Morgan fingerprint density at radius 2 is 1.26 bits per heavy atom. The molecule has 14 nitrogen and oxygen atoms in total. The monoisotopic (exact) mass is 890 g/mol. The Kier molecular flexibility index (Phi) is 11.4. The SMILES string of the molecule is COC(=O)NC(C(=O)N1CC2(CC2)CC1c1ncc(-c2ccc(-c3ccc(-c4cnc(C5(I)CCCN5C(=O)C(NC(=O)OC)C(C)C)[nH]4)cc3)cc2)[nH]1)C(C)C. The summed E-state index contributed by atoms with van der Waals surface area (Å²) in [5, 5.41) is 5.45. The molecule has 2 aromatic heterocycles. The lowest BCUT2D eigenvalue weighted by molar-refractivity contribution is -0.136. The molecule has 7 rings (SSSR count). The lowest BCUT2D eigenvalue weighted by Crippen LogP contribution is -2.54. The lowest BCUT2D eigenvalue weighted by atomic mass is 10.0. The van der Waals surface area contributed by atoms with Crippen molar-refractivity contribution < 1.29 is 28.7 Å². The van der Waals surface area contributed by atoms with Gasteiger partial charge in [-0.15, -0.1) is 0 Å². The summed E-state index contributed by atoms with van der Waals surface area (Å²) in [5.74, 6) is 0.946. The minimum absolute atomic E-state index is 0.106. The summed E-state index contributed by atoms with van der Waals surface area (Å²) in [5.41, 5.74) is 5.90. The fourth-order valence-electron chi connectivity index (χ4n) is 8.13. The average Bonchev–Trinajstić information content (AvgIpc) is 3.70. The number of imidazole rings is 2.